The van der Waals surface area contributed by atoms with Crippen molar-refractivity contribution in [2.75, 3.05) is 26.3 Å². The van der Waals surface area contributed by atoms with Crippen LogP contribution in [0.5, 0.6) is 5.75 Å². The Bertz CT molecular complexity index is 524. The summed E-state index contributed by atoms with van der Waals surface area (Å²) in [7, 11) is 0. The van der Waals surface area contributed by atoms with Crippen molar-refractivity contribution in [3.63, 3.8) is 0 Å². The molecule has 1 aliphatic heterocycles. The van der Waals surface area contributed by atoms with Crippen molar-refractivity contribution >= 4 is 5.91 Å². The van der Waals surface area contributed by atoms with Gasteiger partial charge < -0.3 is 14.7 Å². The van der Waals surface area contributed by atoms with E-state index in [0.29, 0.717) is 24.2 Å². The summed E-state index contributed by atoms with van der Waals surface area (Å²) in [5.74, 6) is 1.98. The van der Waals surface area contributed by atoms with E-state index >= 15 is 0 Å². The second-order valence-corrected chi connectivity index (χ2v) is 6.89. The number of carbonyl (C=O) groups is 1. The third-order valence-electron chi connectivity index (χ3n) is 5.10. The SMILES string of the molecule is CCOCC1CCN(C(=O)CC(c2ccc(O)cc2)C2CC2)C1. The summed E-state index contributed by atoms with van der Waals surface area (Å²) in [4.78, 5) is 14.7. The molecule has 4 heteroatoms. The largest absolute Gasteiger partial charge is 0.508 e. The molecule has 2 atom stereocenters. The lowest BCUT2D eigenvalue weighted by atomic mass is 9.90. The standard InChI is InChI=1S/C19H27NO3/c1-2-23-13-14-9-10-20(12-14)19(22)11-18(15-3-4-15)16-5-7-17(21)8-6-16/h5-8,14-15,18,21H,2-4,9-13H2,1H3. The Morgan fingerprint density at radius 3 is 2.70 bits per heavy atom. The van der Waals surface area contributed by atoms with E-state index in [4.69, 9.17) is 4.74 Å². The average molecular weight is 317 g/mol. The average Bonchev–Trinajstić information content (AvgIpc) is 3.29. The maximum atomic E-state index is 12.7. The number of rotatable bonds is 7. The Balaban J connectivity index is 1.58. The fourth-order valence-corrected chi connectivity index (χ4v) is 3.57. The summed E-state index contributed by atoms with van der Waals surface area (Å²) in [5.41, 5.74) is 1.18. The molecule has 1 aliphatic carbocycles. The molecule has 1 saturated carbocycles. The highest BCUT2D eigenvalue weighted by Gasteiger charge is 2.36. The quantitative estimate of drug-likeness (QED) is 0.840. The first-order chi connectivity index (χ1) is 11.2. The van der Waals surface area contributed by atoms with Gasteiger partial charge in [-0.2, -0.15) is 0 Å². The van der Waals surface area contributed by atoms with Gasteiger partial charge in [0, 0.05) is 32.0 Å². The summed E-state index contributed by atoms with van der Waals surface area (Å²) < 4.78 is 5.49. The van der Waals surface area contributed by atoms with Crippen LogP contribution >= 0.6 is 0 Å². The van der Waals surface area contributed by atoms with Crippen molar-refractivity contribution < 1.29 is 14.6 Å². The monoisotopic (exact) mass is 317 g/mol. The van der Waals surface area contributed by atoms with Crippen molar-refractivity contribution in [1.29, 1.82) is 0 Å². The molecule has 1 aromatic carbocycles. The van der Waals surface area contributed by atoms with Gasteiger partial charge in [-0.15, -0.1) is 0 Å². The third kappa shape index (κ3) is 4.25. The molecule has 0 spiro atoms. The first kappa shape index (κ1) is 16.3. The van der Waals surface area contributed by atoms with Gasteiger partial charge >= 0.3 is 0 Å². The number of hydrogen-bond acceptors (Lipinski definition) is 3. The van der Waals surface area contributed by atoms with Gasteiger partial charge in [0.2, 0.25) is 5.91 Å². The Morgan fingerprint density at radius 2 is 2.04 bits per heavy atom. The van der Waals surface area contributed by atoms with Crippen LogP contribution in [0.1, 0.15) is 44.1 Å². The van der Waals surface area contributed by atoms with Crippen LogP contribution in [-0.4, -0.2) is 42.2 Å². The fourth-order valence-electron chi connectivity index (χ4n) is 3.57. The van der Waals surface area contributed by atoms with Crippen LogP contribution in [0, 0.1) is 11.8 Å². The molecule has 1 amide bonds. The summed E-state index contributed by atoms with van der Waals surface area (Å²) in [5, 5.41) is 9.46. The van der Waals surface area contributed by atoms with Crippen molar-refractivity contribution in [2.45, 2.75) is 38.5 Å². The fraction of sp³-hybridized carbons (Fsp3) is 0.632. The smallest absolute Gasteiger partial charge is 0.223 e. The van der Waals surface area contributed by atoms with Crippen molar-refractivity contribution in [1.82, 2.24) is 4.90 Å². The number of benzene rings is 1. The van der Waals surface area contributed by atoms with E-state index in [1.54, 1.807) is 12.1 Å². The van der Waals surface area contributed by atoms with Crippen molar-refractivity contribution in [3.8, 4) is 5.75 Å². The second kappa shape index (κ2) is 7.35. The van der Waals surface area contributed by atoms with Crippen LogP contribution in [-0.2, 0) is 9.53 Å². The highest BCUT2D eigenvalue weighted by atomic mass is 16.5. The summed E-state index contributed by atoms with van der Waals surface area (Å²) >= 11 is 0. The summed E-state index contributed by atoms with van der Waals surface area (Å²) in [6.45, 7) is 5.23. The van der Waals surface area contributed by atoms with Gasteiger partial charge in [0.05, 0.1) is 6.61 Å². The van der Waals surface area contributed by atoms with Gasteiger partial charge in [-0.25, -0.2) is 0 Å². The molecular weight excluding hydrogens is 290 g/mol. The number of likely N-dealkylation sites (tertiary alicyclic amines) is 1. The number of hydrogen-bond donors (Lipinski definition) is 1. The predicted octanol–water partition coefficient (Wildman–Crippen LogP) is 3.16. The molecule has 2 aliphatic rings. The molecule has 23 heavy (non-hydrogen) atoms. The molecule has 1 N–H and O–H groups in total. The van der Waals surface area contributed by atoms with Crippen LogP contribution in [0.25, 0.3) is 0 Å². The van der Waals surface area contributed by atoms with E-state index in [2.05, 4.69) is 0 Å². The minimum atomic E-state index is 0.272. The molecule has 126 valence electrons. The Morgan fingerprint density at radius 1 is 1.30 bits per heavy atom. The van der Waals surface area contributed by atoms with E-state index in [-0.39, 0.29) is 11.7 Å². The van der Waals surface area contributed by atoms with Gasteiger partial charge in [-0.3, -0.25) is 4.79 Å². The predicted molar refractivity (Wildman–Crippen MR) is 89.4 cm³/mol. The van der Waals surface area contributed by atoms with E-state index in [9.17, 15) is 9.90 Å². The molecule has 3 rings (SSSR count). The highest BCUT2D eigenvalue weighted by molar-refractivity contribution is 5.77. The molecule has 1 heterocycles. The number of phenolic OH excluding ortho intramolecular Hbond substituents is 1. The molecule has 0 bridgehead atoms. The lowest BCUT2D eigenvalue weighted by Gasteiger charge is -2.22. The minimum Gasteiger partial charge on any atom is -0.508 e. The Kier molecular flexibility index (Phi) is 5.21. The third-order valence-corrected chi connectivity index (χ3v) is 5.10. The molecule has 0 radical (unpaired) electrons. The van der Waals surface area contributed by atoms with Crippen molar-refractivity contribution in [2.24, 2.45) is 11.8 Å². The zero-order chi connectivity index (χ0) is 16.2. The Hall–Kier alpha value is -1.55. The lowest BCUT2D eigenvalue weighted by molar-refractivity contribution is -0.130. The van der Waals surface area contributed by atoms with Gasteiger partial charge in [-0.05, 0) is 55.7 Å². The van der Waals surface area contributed by atoms with Gasteiger partial charge in [0.15, 0.2) is 0 Å². The van der Waals surface area contributed by atoms with Crippen LogP contribution < -0.4 is 0 Å². The first-order valence-corrected chi connectivity index (χ1v) is 8.81. The molecule has 2 unspecified atom stereocenters. The van der Waals surface area contributed by atoms with Gasteiger partial charge in [0.25, 0.3) is 0 Å². The highest BCUT2D eigenvalue weighted by Crippen LogP contribution is 2.45. The first-order valence-electron chi connectivity index (χ1n) is 8.81. The van der Waals surface area contributed by atoms with Crippen LogP contribution in [0.15, 0.2) is 24.3 Å². The molecule has 2 fully saturated rings. The van der Waals surface area contributed by atoms with Crippen LogP contribution in [0.3, 0.4) is 0 Å². The normalized spacial score (nSPS) is 22.3. The summed E-state index contributed by atoms with van der Waals surface area (Å²) in [6.07, 6.45) is 4.08. The number of amides is 1. The number of carbonyl (C=O) groups excluding carboxylic acids is 1. The molecule has 4 nitrogen and oxygen atoms in total. The van der Waals surface area contributed by atoms with Gasteiger partial charge in [0.1, 0.15) is 5.75 Å². The maximum absolute atomic E-state index is 12.7. The number of ether oxygens (including phenoxy) is 1. The van der Waals surface area contributed by atoms with Crippen LogP contribution in [0.2, 0.25) is 0 Å². The Labute approximate surface area is 138 Å². The van der Waals surface area contributed by atoms with Gasteiger partial charge in [-0.1, -0.05) is 12.1 Å². The minimum absolute atomic E-state index is 0.272. The van der Waals surface area contributed by atoms with E-state index < -0.39 is 0 Å². The molecule has 1 aromatic rings. The van der Waals surface area contributed by atoms with Crippen molar-refractivity contribution in [3.05, 3.63) is 29.8 Å². The zero-order valence-electron chi connectivity index (χ0n) is 13.9. The number of aromatic hydroxyl groups is 1. The summed E-state index contributed by atoms with van der Waals surface area (Å²) in [6, 6.07) is 7.38. The zero-order valence-corrected chi connectivity index (χ0v) is 13.9. The van der Waals surface area contributed by atoms with E-state index in [1.807, 2.05) is 24.0 Å². The van der Waals surface area contributed by atoms with E-state index in [1.165, 1.54) is 18.4 Å². The topological polar surface area (TPSA) is 49.8 Å². The molecule has 1 saturated heterocycles. The second-order valence-electron chi connectivity index (χ2n) is 6.89. The number of nitrogens with zero attached hydrogens (tertiary/aromatic N) is 1. The maximum Gasteiger partial charge on any atom is 0.223 e. The lowest BCUT2D eigenvalue weighted by Crippen LogP contribution is -2.30. The molecular formula is C19H27NO3. The van der Waals surface area contributed by atoms with E-state index in [0.717, 1.165) is 32.7 Å². The number of phenols is 1. The molecule has 0 aromatic heterocycles. The van der Waals surface area contributed by atoms with Crippen LogP contribution in [0.4, 0.5) is 0 Å².